The van der Waals surface area contributed by atoms with Gasteiger partial charge in [-0.25, -0.2) is 4.79 Å². The summed E-state index contributed by atoms with van der Waals surface area (Å²) < 4.78 is 4.64. The van der Waals surface area contributed by atoms with E-state index in [1.807, 2.05) is 30.3 Å². The van der Waals surface area contributed by atoms with E-state index >= 15 is 0 Å². The first-order valence-corrected chi connectivity index (χ1v) is 10.2. The van der Waals surface area contributed by atoms with Crippen molar-refractivity contribution in [2.24, 2.45) is 0 Å². The van der Waals surface area contributed by atoms with Crippen molar-refractivity contribution in [3.8, 4) is 0 Å². The number of imide groups is 1. The minimum Gasteiger partial charge on any atom is -0.465 e. The van der Waals surface area contributed by atoms with Crippen LogP contribution in [0.3, 0.4) is 0 Å². The van der Waals surface area contributed by atoms with E-state index in [2.05, 4.69) is 10.1 Å². The Balaban J connectivity index is 1.64. The number of hydrogen-bond donors (Lipinski definition) is 1. The van der Waals surface area contributed by atoms with Crippen LogP contribution in [0.15, 0.2) is 65.6 Å². The third-order valence-electron chi connectivity index (χ3n) is 4.17. The first-order chi connectivity index (χ1) is 14.9. The van der Waals surface area contributed by atoms with Crippen LogP contribution < -0.4 is 5.32 Å². The number of methoxy groups -OCH3 is 1. The number of halogens is 1. The maximum absolute atomic E-state index is 12.5. The van der Waals surface area contributed by atoms with Crippen LogP contribution in [0.5, 0.6) is 0 Å². The fourth-order valence-corrected chi connectivity index (χ4v) is 3.66. The minimum absolute atomic E-state index is 0.0845. The molecule has 158 valence electrons. The van der Waals surface area contributed by atoms with E-state index in [4.69, 9.17) is 11.6 Å². The monoisotopic (exact) mass is 456 g/mol. The van der Waals surface area contributed by atoms with Gasteiger partial charge in [0, 0.05) is 5.69 Å². The van der Waals surface area contributed by atoms with E-state index in [1.54, 1.807) is 12.2 Å². The third kappa shape index (κ3) is 5.62. The molecule has 0 aliphatic carbocycles. The lowest BCUT2D eigenvalue weighted by atomic mass is 10.2. The van der Waals surface area contributed by atoms with Crippen LogP contribution in [0, 0.1) is 0 Å². The minimum atomic E-state index is -0.652. The summed E-state index contributed by atoms with van der Waals surface area (Å²) in [7, 11) is 1.21. The number of allylic oxidation sites excluding steroid dienone is 2. The van der Waals surface area contributed by atoms with Crippen LogP contribution in [0.25, 0.3) is 6.08 Å². The lowest BCUT2D eigenvalue weighted by molar-refractivity contribution is -0.127. The SMILES string of the molecule is COC(=O)c1cc(NC(=O)CN2C(=O)S/C(=C/C=C\c3ccccc3)C2=O)ccc1Cl. The highest BCUT2D eigenvalue weighted by atomic mass is 35.5. The van der Waals surface area contributed by atoms with Crippen molar-refractivity contribution in [1.82, 2.24) is 4.90 Å². The van der Waals surface area contributed by atoms with E-state index in [-0.39, 0.29) is 21.2 Å². The molecular weight excluding hydrogens is 440 g/mol. The van der Waals surface area contributed by atoms with E-state index in [0.29, 0.717) is 0 Å². The number of carbonyl (C=O) groups excluding carboxylic acids is 4. The summed E-state index contributed by atoms with van der Waals surface area (Å²) >= 11 is 6.72. The van der Waals surface area contributed by atoms with Gasteiger partial charge in [-0.1, -0.05) is 54.1 Å². The summed E-state index contributed by atoms with van der Waals surface area (Å²) in [4.78, 5) is 49.8. The molecule has 0 atom stereocenters. The fraction of sp³-hybridized carbons (Fsp3) is 0.0909. The lowest BCUT2D eigenvalue weighted by Gasteiger charge is -2.13. The maximum atomic E-state index is 12.5. The van der Waals surface area contributed by atoms with Gasteiger partial charge in [0.1, 0.15) is 6.54 Å². The van der Waals surface area contributed by atoms with Crippen LogP contribution in [-0.4, -0.2) is 41.6 Å². The number of hydrogen-bond acceptors (Lipinski definition) is 6. The number of anilines is 1. The number of thioether (sulfide) groups is 1. The Bertz CT molecular complexity index is 1100. The highest BCUT2D eigenvalue weighted by Crippen LogP contribution is 2.30. The van der Waals surface area contributed by atoms with Gasteiger partial charge in [-0.2, -0.15) is 0 Å². The highest BCUT2D eigenvalue weighted by molar-refractivity contribution is 8.18. The predicted octanol–water partition coefficient (Wildman–Crippen LogP) is 4.36. The van der Waals surface area contributed by atoms with Crippen molar-refractivity contribution < 1.29 is 23.9 Å². The van der Waals surface area contributed by atoms with Gasteiger partial charge in [-0.3, -0.25) is 19.3 Å². The number of nitrogens with zero attached hydrogens (tertiary/aromatic N) is 1. The molecule has 1 fully saturated rings. The Kier molecular flexibility index (Phi) is 7.28. The quantitative estimate of drug-likeness (QED) is 0.513. The summed E-state index contributed by atoms with van der Waals surface area (Å²) in [5.74, 6) is -1.79. The van der Waals surface area contributed by atoms with Gasteiger partial charge in [-0.05, 0) is 41.6 Å². The largest absolute Gasteiger partial charge is 0.465 e. The summed E-state index contributed by atoms with van der Waals surface area (Å²) in [6.45, 7) is -0.458. The molecule has 1 saturated heterocycles. The molecule has 1 aliphatic heterocycles. The molecule has 2 aromatic rings. The first-order valence-electron chi connectivity index (χ1n) is 9.04. The number of ether oxygens (including phenoxy) is 1. The lowest BCUT2D eigenvalue weighted by Crippen LogP contribution is -2.36. The fourth-order valence-electron chi connectivity index (χ4n) is 2.67. The predicted molar refractivity (Wildman–Crippen MR) is 120 cm³/mol. The van der Waals surface area contributed by atoms with E-state index in [9.17, 15) is 19.2 Å². The molecule has 2 aromatic carbocycles. The van der Waals surface area contributed by atoms with Crippen LogP contribution in [-0.2, 0) is 14.3 Å². The van der Waals surface area contributed by atoms with Crippen LogP contribution >= 0.6 is 23.4 Å². The molecule has 0 saturated carbocycles. The van der Waals surface area contributed by atoms with Crippen molar-refractivity contribution in [3.63, 3.8) is 0 Å². The van der Waals surface area contributed by atoms with Crippen molar-refractivity contribution in [2.45, 2.75) is 0 Å². The second kappa shape index (κ2) is 10.1. The smallest absolute Gasteiger partial charge is 0.339 e. The van der Waals surface area contributed by atoms with E-state index in [0.717, 1.165) is 22.2 Å². The van der Waals surface area contributed by atoms with Gasteiger partial charge in [-0.15, -0.1) is 0 Å². The zero-order valence-corrected chi connectivity index (χ0v) is 17.9. The van der Waals surface area contributed by atoms with Crippen molar-refractivity contribution in [3.05, 3.63) is 81.7 Å². The van der Waals surface area contributed by atoms with Gasteiger partial charge in [0.25, 0.3) is 11.1 Å². The van der Waals surface area contributed by atoms with Gasteiger partial charge in [0.15, 0.2) is 0 Å². The second-order valence-electron chi connectivity index (χ2n) is 6.29. The summed E-state index contributed by atoms with van der Waals surface area (Å²) in [6, 6.07) is 13.8. The number of carbonyl (C=O) groups is 4. The molecule has 0 unspecified atom stereocenters. The average molecular weight is 457 g/mol. The topological polar surface area (TPSA) is 92.8 Å². The summed E-state index contributed by atoms with van der Waals surface area (Å²) in [5.41, 5.74) is 1.32. The zero-order chi connectivity index (χ0) is 22.4. The van der Waals surface area contributed by atoms with E-state index in [1.165, 1.54) is 31.4 Å². The molecule has 3 rings (SSSR count). The van der Waals surface area contributed by atoms with Gasteiger partial charge in [0.2, 0.25) is 5.91 Å². The molecule has 0 bridgehead atoms. The Labute approximate surface area is 187 Å². The maximum Gasteiger partial charge on any atom is 0.339 e. The molecule has 1 heterocycles. The van der Waals surface area contributed by atoms with Crippen LogP contribution in [0.1, 0.15) is 15.9 Å². The van der Waals surface area contributed by atoms with Gasteiger partial charge < -0.3 is 10.1 Å². The molecule has 1 aliphatic rings. The molecular formula is C22H17ClN2O5S. The normalized spacial score (nSPS) is 15.0. The molecule has 7 nitrogen and oxygen atoms in total. The highest BCUT2D eigenvalue weighted by Gasteiger charge is 2.36. The Morgan fingerprint density at radius 3 is 2.61 bits per heavy atom. The number of amides is 3. The Morgan fingerprint density at radius 2 is 1.90 bits per heavy atom. The van der Waals surface area contributed by atoms with Crippen LogP contribution in [0.2, 0.25) is 5.02 Å². The number of esters is 1. The van der Waals surface area contributed by atoms with Gasteiger partial charge in [0.05, 0.1) is 22.6 Å². The van der Waals surface area contributed by atoms with Crippen molar-refractivity contribution >= 4 is 58.1 Å². The molecule has 1 N–H and O–H groups in total. The summed E-state index contributed by atoms with van der Waals surface area (Å²) in [5, 5.41) is 2.18. The molecule has 0 spiro atoms. The molecule has 31 heavy (non-hydrogen) atoms. The second-order valence-corrected chi connectivity index (χ2v) is 7.69. The number of nitrogens with one attached hydrogen (secondary N) is 1. The molecule has 9 heteroatoms. The number of benzene rings is 2. The first kappa shape index (κ1) is 22.3. The Hall–Kier alpha value is -3.36. The molecule has 0 aromatic heterocycles. The summed E-state index contributed by atoms with van der Waals surface area (Å²) in [6.07, 6.45) is 5.02. The van der Waals surface area contributed by atoms with Crippen molar-refractivity contribution in [2.75, 3.05) is 19.0 Å². The average Bonchev–Trinajstić information content (AvgIpc) is 3.02. The zero-order valence-electron chi connectivity index (χ0n) is 16.3. The van der Waals surface area contributed by atoms with Crippen molar-refractivity contribution in [1.29, 1.82) is 0 Å². The number of rotatable bonds is 6. The Morgan fingerprint density at radius 1 is 1.16 bits per heavy atom. The van der Waals surface area contributed by atoms with E-state index < -0.39 is 29.6 Å². The van der Waals surface area contributed by atoms with Gasteiger partial charge >= 0.3 is 5.97 Å². The third-order valence-corrected chi connectivity index (χ3v) is 5.42. The molecule has 3 amide bonds. The molecule has 0 radical (unpaired) electrons. The van der Waals surface area contributed by atoms with Crippen LogP contribution in [0.4, 0.5) is 10.5 Å². The standard InChI is InChI=1S/C22H17ClN2O5S/c1-30-21(28)16-12-15(10-11-17(16)23)24-19(26)13-25-20(27)18(31-22(25)29)9-5-8-14-6-3-2-4-7-14/h2-12H,13H2,1H3,(H,24,26)/b8-5-,18-9+.